The van der Waals surface area contributed by atoms with Crippen molar-refractivity contribution >= 4 is 52.1 Å². The van der Waals surface area contributed by atoms with Gasteiger partial charge < -0.3 is 5.32 Å². The normalized spacial score (nSPS) is 23.1. The Bertz CT molecular complexity index is 904. The molecule has 9 heteroatoms. The quantitative estimate of drug-likeness (QED) is 0.762. The lowest BCUT2D eigenvalue weighted by molar-refractivity contribution is 0.178. The Morgan fingerprint density at radius 2 is 1.41 bits per heavy atom. The number of nitrogens with zero attached hydrogens (tertiary/aromatic N) is 3. The molecule has 2 aromatic rings. The highest BCUT2D eigenvalue weighted by Gasteiger charge is 2.41. The van der Waals surface area contributed by atoms with Crippen LogP contribution >= 0.6 is 24.8 Å². The summed E-state index contributed by atoms with van der Waals surface area (Å²) >= 11 is 0. The molecule has 2 aromatic carbocycles. The van der Waals surface area contributed by atoms with Crippen molar-refractivity contribution < 1.29 is 8.42 Å². The second kappa shape index (κ2) is 9.53. The molecule has 1 N–H and O–H groups in total. The Kier molecular flexibility index (Phi) is 7.81. The van der Waals surface area contributed by atoms with Crippen LogP contribution in [0.4, 0.5) is 17.1 Å². The highest BCUT2D eigenvalue weighted by Crippen LogP contribution is 2.44. The van der Waals surface area contributed by atoms with E-state index < -0.39 is 10.2 Å². The molecule has 2 aliphatic heterocycles. The number of fused-ring (bicyclic) bond motifs is 1. The second-order valence-electron chi connectivity index (χ2n) is 7.40. The Hall–Kier alpha value is -1.51. The molecule has 0 spiro atoms. The van der Waals surface area contributed by atoms with Crippen LogP contribution in [-0.2, 0) is 10.2 Å². The van der Waals surface area contributed by atoms with Gasteiger partial charge in [0.25, 0.3) is 0 Å². The van der Waals surface area contributed by atoms with E-state index in [1.165, 1.54) is 4.31 Å². The average molecular weight is 459 g/mol. The van der Waals surface area contributed by atoms with Crippen molar-refractivity contribution in [2.75, 3.05) is 34.8 Å². The molecule has 0 amide bonds. The van der Waals surface area contributed by atoms with Crippen molar-refractivity contribution in [2.24, 2.45) is 0 Å². The molecule has 160 valence electrons. The van der Waals surface area contributed by atoms with Crippen LogP contribution in [0.15, 0.2) is 54.6 Å². The van der Waals surface area contributed by atoms with Gasteiger partial charge >= 0.3 is 10.2 Å². The van der Waals surface area contributed by atoms with E-state index in [4.69, 9.17) is 0 Å². The van der Waals surface area contributed by atoms with Crippen LogP contribution in [0.1, 0.15) is 13.8 Å². The Balaban J connectivity index is 0.00000150. The summed E-state index contributed by atoms with van der Waals surface area (Å²) in [6, 6.07) is 17.6. The van der Waals surface area contributed by atoms with Gasteiger partial charge in [-0.2, -0.15) is 8.42 Å². The molecule has 0 aromatic heterocycles. The molecule has 0 unspecified atom stereocenters. The van der Waals surface area contributed by atoms with E-state index >= 15 is 0 Å². The van der Waals surface area contributed by atoms with Gasteiger partial charge in [0.15, 0.2) is 0 Å². The summed E-state index contributed by atoms with van der Waals surface area (Å²) < 4.78 is 29.7. The van der Waals surface area contributed by atoms with Crippen LogP contribution in [0.2, 0.25) is 0 Å². The number of para-hydroxylation sites is 3. The van der Waals surface area contributed by atoms with Crippen molar-refractivity contribution in [3.05, 3.63) is 54.6 Å². The number of nitrogens with one attached hydrogen (secondary N) is 1. The summed E-state index contributed by atoms with van der Waals surface area (Å²) in [5.74, 6) is 0. The standard InChI is InChI=1S/C20H26N4O2S.2ClH/c1-16-14-22(15-17(2)21-16)12-13-23-19-10-6-7-11-20(19)24(27(23,25)26)18-8-4-3-5-9-18;;/h3-11,16-17,21H,12-15H2,1-2H3;2*1H/t16-,17+;;. The zero-order valence-electron chi connectivity index (χ0n) is 16.6. The van der Waals surface area contributed by atoms with Gasteiger partial charge in [-0.25, -0.2) is 8.61 Å². The van der Waals surface area contributed by atoms with Gasteiger partial charge in [0.05, 0.1) is 17.1 Å². The fourth-order valence-electron chi connectivity index (χ4n) is 4.12. The monoisotopic (exact) mass is 458 g/mol. The summed E-state index contributed by atoms with van der Waals surface area (Å²) in [6.07, 6.45) is 0. The first-order valence-electron chi connectivity index (χ1n) is 9.42. The second-order valence-corrected chi connectivity index (χ2v) is 9.10. The maximum atomic E-state index is 13.4. The molecule has 2 aliphatic rings. The van der Waals surface area contributed by atoms with E-state index in [1.54, 1.807) is 4.31 Å². The zero-order chi connectivity index (χ0) is 19.0. The van der Waals surface area contributed by atoms with Crippen LogP contribution < -0.4 is 13.9 Å². The van der Waals surface area contributed by atoms with Crippen LogP contribution in [0.3, 0.4) is 0 Å². The molecule has 0 radical (unpaired) electrons. The maximum Gasteiger partial charge on any atom is 0.331 e. The third kappa shape index (κ3) is 4.64. The highest BCUT2D eigenvalue weighted by atomic mass is 35.5. The number of benzene rings is 2. The van der Waals surface area contributed by atoms with Crippen LogP contribution in [0.5, 0.6) is 0 Å². The van der Waals surface area contributed by atoms with E-state index in [-0.39, 0.29) is 24.8 Å². The summed E-state index contributed by atoms with van der Waals surface area (Å²) in [5.41, 5.74) is 2.13. The molecular weight excluding hydrogens is 431 g/mol. The summed E-state index contributed by atoms with van der Waals surface area (Å²) in [5, 5.41) is 3.52. The van der Waals surface area contributed by atoms with Crippen LogP contribution in [-0.4, -0.2) is 51.6 Å². The van der Waals surface area contributed by atoms with Gasteiger partial charge in [-0.1, -0.05) is 30.3 Å². The molecule has 2 atom stereocenters. The Morgan fingerprint density at radius 3 is 2.03 bits per heavy atom. The number of piperazine rings is 1. The fraction of sp³-hybridized carbons (Fsp3) is 0.400. The van der Waals surface area contributed by atoms with Gasteiger partial charge in [0.1, 0.15) is 0 Å². The van der Waals surface area contributed by atoms with Gasteiger partial charge in [-0.15, -0.1) is 24.8 Å². The number of anilines is 3. The Morgan fingerprint density at radius 1 is 0.862 bits per heavy atom. The number of hydrogen-bond acceptors (Lipinski definition) is 4. The van der Waals surface area contributed by atoms with Gasteiger partial charge in [0, 0.05) is 38.3 Å². The molecule has 0 bridgehead atoms. The largest absolute Gasteiger partial charge is 0.331 e. The summed E-state index contributed by atoms with van der Waals surface area (Å²) in [7, 11) is -3.64. The lowest BCUT2D eigenvalue weighted by Gasteiger charge is -2.36. The molecule has 29 heavy (non-hydrogen) atoms. The Labute approximate surface area is 185 Å². The van der Waals surface area contributed by atoms with Crippen LogP contribution in [0, 0.1) is 0 Å². The van der Waals surface area contributed by atoms with E-state index in [0.717, 1.165) is 18.8 Å². The van der Waals surface area contributed by atoms with Crippen molar-refractivity contribution in [1.82, 2.24) is 10.2 Å². The minimum absolute atomic E-state index is 0. The van der Waals surface area contributed by atoms with Crippen LogP contribution in [0.25, 0.3) is 0 Å². The third-order valence-corrected chi connectivity index (χ3v) is 6.93. The highest BCUT2D eigenvalue weighted by molar-refractivity contribution is 7.95. The summed E-state index contributed by atoms with van der Waals surface area (Å²) in [4.78, 5) is 2.34. The predicted octanol–water partition coefficient (Wildman–Crippen LogP) is 3.42. The van der Waals surface area contributed by atoms with E-state index in [0.29, 0.717) is 36.5 Å². The lowest BCUT2D eigenvalue weighted by Crippen LogP contribution is -2.55. The van der Waals surface area contributed by atoms with Crippen molar-refractivity contribution in [2.45, 2.75) is 25.9 Å². The van der Waals surface area contributed by atoms with Crippen molar-refractivity contribution in [1.29, 1.82) is 0 Å². The van der Waals surface area contributed by atoms with Crippen molar-refractivity contribution in [3.63, 3.8) is 0 Å². The van der Waals surface area contributed by atoms with E-state index in [1.807, 2.05) is 54.6 Å². The molecule has 2 heterocycles. The molecule has 0 aliphatic carbocycles. The van der Waals surface area contributed by atoms with Gasteiger partial charge in [0.2, 0.25) is 0 Å². The van der Waals surface area contributed by atoms with Gasteiger partial charge in [-0.3, -0.25) is 4.90 Å². The first-order chi connectivity index (χ1) is 13.0. The lowest BCUT2D eigenvalue weighted by atomic mass is 10.1. The van der Waals surface area contributed by atoms with Gasteiger partial charge in [-0.05, 0) is 38.1 Å². The molecule has 0 saturated carbocycles. The molecular formula is C20H28Cl2N4O2S. The van der Waals surface area contributed by atoms with Crippen molar-refractivity contribution in [3.8, 4) is 0 Å². The van der Waals surface area contributed by atoms with E-state index in [9.17, 15) is 8.42 Å². The zero-order valence-corrected chi connectivity index (χ0v) is 19.0. The predicted molar refractivity (Wildman–Crippen MR) is 124 cm³/mol. The maximum absolute atomic E-state index is 13.4. The minimum atomic E-state index is -3.64. The average Bonchev–Trinajstić information content (AvgIpc) is 2.86. The first kappa shape index (κ1) is 23.8. The number of halogens is 2. The molecule has 1 saturated heterocycles. The number of hydrogen-bond donors (Lipinski definition) is 1. The SMILES string of the molecule is C[C@@H]1CN(CCN2c3ccccc3N(c3ccccc3)S2(=O)=O)C[C@H](C)N1.Cl.Cl. The fourth-order valence-corrected chi connectivity index (χ4v) is 5.82. The topological polar surface area (TPSA) is 55.9 Å². The molecule has 4 rings (SSSR count). The number of rotatable bonds is 4. The molecule has 1 fully saturated rings. The smallest absolute Gasteiger partial charge is 0.309 e. The minimum Gasteiger partial charge on any atom is -0.309 e. The molecule has 6 nitrogen and oxygen atoms in total. The van der Waals surface area contributed by atoms with E-state index in [2.05, 4.69) is 24.1 Å². The third-order valence-electron chi connectivity index (χ3n) is 5.12. The summed E-state index contributed by atoms with van der Waals surface area (Å²) in [6.45, 7) is 7.36. The first-order valence-corrected chi connectivity index (χ1v) is 10.8.